The van der Waals surface area contributed by atoms with E-state index in [2.05, 4.69) is 36.4 Å². The van der Waals surface area contributed by atoms with Crippen molar-refractivity contribution in [1.82, 2.24) is 15.1 Å². The average Bonchev–Trinajstić information content (AvgIpc) is 2.98. The zero-order valence-electron chi connectivity index (χ0n) is 12.2. The molecule has 4 heteroatoms. The van der Waals surface area contributed by atoms with Crippen molar-refractivity contribution in [2.45, 2.75) is 32.9 Å². The van der Waals surface area contributed by atoms with Crippen LogP contribution in [0.15, 0.2) is 42.7 Å². The molecule has 2 rings (SSSR count). The maximum Gasteiger partial charge on any atom is 0.124 e. The Morgan fingerprint density at radius 1 is 1.30 bits per heavy atom. The highest BCUT2D eigenvalue weighted by atomic mass is 16.5. The van der Waals surface area contributed by atoms with E-state index in [1.807, 2.05) is 29.1 Å². The second-order valence-corrected chi connectivity index (χ2v) is 4.83. The third kappa shape index (κ3) is 4.10. The van der Waals surface area contributed by atoms with Gasteiger partial charge in [0.1, 0.15) is 12.4 Å². The summed E-state index contributed by atoms with van der Waals surface area (Å²) in [5.74, 6) is 0.954. The Morgan fingerprint density at radius 2 is 2.15 bits per heavy atom. The number of hydrogen-bond donors (Lipinski definition) is 1. The van der Waals surface area contributed by atoms with Crippen molar-refractivity contribution in [2.24, 2.45) is 0 Å². The summed E-state index contributed by atoms with van der Waals surface area (Å²) in [6.45, 7) is 6.75. The maximum absolute atomic E-state index is 5.91. The third-order valence-electron chi connectivity index (χ3n) is 3.22. The van der Waals surface area contributed by atoms with E-state index in [1.54, 1.807) is 6.20 Å². The average molecular weight is 273 g/mol. The summed E-state index contributed by atoms with van der Waals surface area (Å²) in [7, 11) is 0. The van der Waals surface area contributed by atoms with Crippen molar-refractivity contribution in [2.75, 3.05) is 13.2 Å². The molecule has 0 spiro atoms. The number of hydrogen-bond acceptors (Lipinski definition) is 3. The van der Waals surface area contributed by atoms with Crippen molar-refractivity contribution in [3.63, 3.8) is 0 Å². The van der Waals surface area contributed by atoms with Gasteiger partial charge in [-0.25, -0.2) is 0 Å². The highest BCUT2D eigenvalue weighted by molar-refractivity contribution is 5.35. The summed E-state index contributed by atoms with van der Waals surface area (Å²) in [5.41, 5.74) is 1.21. The Hall–Kier alpha value is -1.81. The molecule has 1 aromatic heterocycles. The topological polar surface area (TPSA) is 39.1 Å². The highest BCUT2D eigenvalue weighted by Gasteiger charge is 2.10. The van der Waals surface area contributed by atoms with Crippen molar-refractivity contribution in [1.29, 1.82) is 0 Å². The van der Waals surface area contributed by atoms with Crippen LogP contribution in [0.4, 0.5) is 0 Å². The van der Waals surface area contributed by atoms with E-state index < -0.39 is 0 Å². The molecule has 0 bridgehead atoms. The normalized spacial score (nSPS) is 12.3. The van der Waals surface area contributed by atoms with Gasteiger partial charge in [-0.1, -0.05) is 25.1 Å². The number of ether oxygens (including phenoxy) is 1. The predicted molar refractivity (Wildman–Crippen MR) is 80.9 cm³/mol. The van der Waals surface area contributed by atoms with E-state index in [1.165, 1.54) is 5.56 Å². The first-order valence-electron chi connectivity index (χ1n) is 7.23. The quantitative estimate of drug-likeness (QED) is 0.803. The minimum Gasteiger partial charge on any atom is -0.491 e. The van der Waals surface area contributed by atoms with Gasteiger partial charge < -0.3 is 10.1 Å². The molecule has 0 aliphatic heterocycles. The van der Waals surface area contributed by atoms with Crippen LogP contribution in [0, 0.1) is 0 Å². The molecule has 1 atom stereocenters. The molecule has 0 aliphatic carbocycles. The van der Waals surface area contributed by atoms with Crippen LogP contribution < -0.4 is 10.1 Å². The zero-order chi connectivity index (χ0) is 14.2. The molecule has 0 saturated heterocycles. The summed E-state index contributed by atoms with van der Waals surface area (Å²) in [6.07, 6.45) is 4.86. The Bertz CT molecular complexity index is 496. The van der Waals surface area contributed by atoms with E-state index in [4.69, 9.17) is 4.74 Å². The molecule has 0 fully saturated rings. The Balaban J connectivity index is 1.93. The molecule has 1 unspecified atom stereocenters. The first kappa shape index (κ1) is 14.6. The van der Waals surface area contributed by atoms with Gasteiger partial charge in [0.15, 0.2) is 0 Å². The molecule has 1 N–H and O–H groups in total. The summed E-state index contributed by atoms with van der Waals surface area (Å²) in [4.78, 5) is 0. The van der Waals surface area contributed by atoms with Crippen molar-refractivity contribution in [3.8, 4) is 5.75 Å². The van der Waals surface area contributed by atoms with Gasteiger partial charge in [0, 0.05) is 24.0 Å². The molecule has 2 aromatic rings. The Labute approximate surface area is 120 Å². The maximum atomic E-state index is 5.91. The Kier molecular flexibility index (Phi) is 5.62. The summed E-state index contributed by atoms with van der Waals surface area (Å²) in [5, 5.41) is 7.67. The van der Waals surface area contributed by atoms with Crippen molar-refractivity contribution < 1.29 is 4.74 Å². The van der Waals surface area contributed by atoms with E-state index in [-0.39, 0.29) is 0 Å². The van der Waals surface area contributed by atoms with Gasteiger partial charge in [0.25, 0.3) is 0 Å². The molecule has 1 heterocycles. The molecule has 0 aliphatic rings. The number of nitrogens with one attached hydrogen (secondary N) is 1. The fourth-order valence-corrected chi connectivity index (χ4v) is 2.12. The summed E-state index contributed by atoms with van der Waals surface area (Å²) in [6, 6.07) is 10.4. The molecular weight excluding hydrogens is 250 g/mol. The van der Waals surface area contributed by atoms with Crippen molar-refractivity contribution in [3.05, 3.63) is 48.3 Å². The first-order valence-corrected chi connectivity index (χ1v) is 7.23. The molecule has 0 radical (unpaired) electrons. The number of aromatic nitrogens is 2. The largest absolute Gasteiger partial charge is 0.491 e. The third-order valence-corrected chi connectivity index (χ3v) is 3.22. The van der Waals surface area contributed by atoms with Gasteiger partial charge >= 0.3 is 0 Å². The van der Waals surface area contributed by atoms with Crippen LogP contribution in [0.25, 0.3) is 0 Å². The fourth-order valence-electron chi connectivity index (χ4n) is 2.12. The zero-order valence-corrected chi connectivity index (χ0v) is 12.2. The first-order chi connectivity index (χ1) is 9.81. The number of para-hydroxylation sites is 1. The van der Waals surface area contributed by atoms with Gasteiger partial charge in [-0.15, -0.1) is 0 Å². The van der Waals surface area contributed by atoms with Crippen LogP contribution in [-0.4, -0.2) is 22.9 Å². The monoisotopic (exact) mass is 273 g/mol. The molecular formula is C16H23N3O. The van der Waals surface area contributed by atoms with Gasteiger partial charge in [-0.05, 0) is 32.0 Å². The molecule has 4 nitrogen and oxygen atoms in total. The molecule has 0 amide bonds. The molecule has 0 saturated carbocycles. The fraction of sp³-hybridized carbons (Fsp3) is 0.438. The van der Waals surface area contributed by atoms with E-state index in [9.17, 15) is 0 Å². The molecule has 20 heavy (non-hydrogen) atoms. The number of nitrogens with zero attached hydrogens (tertiary/aromatic N) is 2. The number of rotatable bonds is 8. The lowest BCUT2D eigenvalue weighted by atomic mass is 10.1. The van der Waals surface area contributed by atoms with Crippen LogP contribution in [0.5, 0.6) is 5.75 Å². The van der Waals surface area contributed by atoms with Crippen LogP contribution in [0.3, 0.4) is 0 Å². The van der Waals surface area contributed by atoms with Crippen LogP contribution in [0.2, 0.25) is 0 Å². The second-order valence-electron chi connectivity index (χ2n) is 4.83. The van der Waals surface area contributed by atoms with E-state index >= 15 is 0 Å². The number of benzene rings is 1. The van der Waals surface area contributed by atoms with Gasteiger partial charge in [0.05, 0.1) is 6.54 Å². The lowest BCUT2D eigenvalue weighted by molar-refractivity contribution is 0.286. The van der Waals surface area contributed by atoms with Gasteiger partial charge in [-0.3, -0.25) is 4.68 Å². The minimum atomic E-state index is 0.302. The standard InChI is InChI=1S/C16H23N3O/c1-3-9-17-14(2)15-7-4-5-8-16(15)20-13-12-19-11-6-10-18-19/h4-8,10-11,14,17H,3,9,12-13H2,1-2H3. The smallest absolute Gasteiger partial charge is 0.124 e. The highest BCUT2D eigenvalue weighted by Crippen LogP contribution is 2.24. The minimum absolute atomic E-state index is 0.302. The SMILES string of the molecule is CCCNC(C)c1ccccc1OCCn1cccn1. The lowest BCUT2D eigenvalue weighted by Gasteiger charge is -2.18. The van der Waals surface area contributed by atoms with Gasteiger partial charge in [-0.2, -0.15) is 5.10 Å². The van der Waals surface area contributed by atoms with Crippen LogP contribution in [-0.2, 0) is 6.54 Å². The summed E-state index contributed by atoms with van der Waals surface area (Å²) >= 11 is 0. The Morgan fingerprint density at radius 3 is 2.90 bits per heavy atom. The van der Waals surface area contributed by atoms with E-state index in [0.717, 1.165) is 25.3 Å². The molecule has 108 valence electrons. The lowest BCUT2D eigenvalue weighted by Crippen LogP contribution is -2.20. The van der Waals surface area contributed by atoms with E-state index in [0.29, 0.717) is 12.6 Å². The van der Waals surface area contributed by atoms with Gasteiger partial charge in [0.2, 0.25) is 0 Å². The van der Waals surface area contributed by atoms with Crippen LogP contribution >= 0.6 is 0 Å². The van der Waals surface area contributed by atoms with Crippen molar-refractivity contribution >= 4 is 0 Å². The summed E-state index contributed by atoms with van der Waals surface area (Å²) < 4.78 is 7.79. The predicted octanol–water partition coefficient (Wildman–Crippen LogP) is 3.02. The second kappa shape index (κ2) is 7.70. The molecule has 1 aromatic carbocycles. The van der Waals surface area contributed by atoms with Crippen LogP contribution in [0.1, 0.15) is 31.9 Å².